The third kappa shape index (κ3) is 7.98. The van der Waals surface area contributed by atoms with E-state index >= 15 is 0 Å². The number of quaternary nitrogens is 1. The highest BCUT2D eigenvalue weighted by molar-refractivity contribution is 5.17. The van der Waals surface area contributed by atoms with E-state index in [4.69, 9.17) is 0 Å². The van der Waals surface area contributed by atoms with Crippen LogP contribution in [0.5, 0.6) is 0 Å². The molecule has 1 nitrogen and oxygen atoms in total. The summed E-state index contributed by atoms with van der Waals surface area (Å²) in [6, 6.07) is 11.7. The van der Waals surface area contributed by atoms with Crippen molar-refractivity contribution in [1.82, 2.24) is 0 Å². The van der Waals surface area contributed by atoms with E-state index in [1.165, 1.54) is 69.8 Å². The lowest BCUT2D eigenvalue weighted by Gasteiger charge is -2.34. The molecule has 0 aliphatic rings. The molecular formula is C21H38N+. The largest absolute Gasteiger partial charge is 0.325 e. The number of benzene rings is 1. The average molecular weight is 305 g/mol. The van der Waals surface area contributed by atoms with Gasteiger partial charge in [0.15, 0.2) is 0 Å². The number of hydrogen-bond acceptors (Lipinski definition) is 0. The van der Waals surface area contributed by atoms with Crippen molar-refractivity contribution in [2.45, 2.75) is 77.2 Å². The molecule has 0 aliphatic heterocycles. The predicted octanol–water partition coefficient (Wildman–Crippen LogP) is 6.35. The average Bonchev–Trinajstić information content (AvgIpc) is 2.49. The van der Waals surface area contributed by atoms with Gasteiger partial charge in [-0.2, -0.15) is 0 Å². The highest BCUT2D eigenvalue weighted by Gasteiger charge is 2.24. The number of nitrogens with zero attached hydrogens (tertiary/aromatic N) is 1. The maximum Gasteiger partial charge on any atom is 0.114 e. The van der Waals surface area contributed by atoms with E-state index in [9.17, 15) is 0 Å². The molecule has 0 aromatic heterocycles. The van der Waals surface area contributed by atoms with Crippen LogP contribution in [-0.2, 0) is 0 Å². The van der Waals surface area contributed by atoms with Crippen molar-refractivity contribution in [2.75, 3.05) is 21.1 Å². The molecule has 0 saturated heterocycles. The Bertz CT molecular complexity index is 363. The van der Waals surface area contributed by atoms with Crippen molar-refractivity contribution >= 4 is 0 Å². The highest BCUT2D eigenvalue weighted by Crippen LogP contribution is 2.29. The zero-order valence-electron chi connectivity index (χ0n) is 15.5. The summed E-state index contributed by atoms with van der Waals surface area (Å²) < 4.78 is 1.03. The van der Waals surface area contributed by atoms with Gasteiger partial charge in [0.2, 0.25) is 0 Å². The zero-order chi connectivity index (χ0) is 16.3. The SMILES string of the molecule is CCCCCCCCCCC[C@@H](c1ccccc1)[N+](C)(C)C. The van der Waals surface area contributed by atoms with Gasteiger partial charge in [-0.25, -0.2) is 0 Å². The fourth-order valence-electron chi connectivity index (χ4n) is 3.32. The molecule has 22 heavy (non-hydrogen) atoms. The van der Waals surface area contributed by atoms with Gasteiger partial charge in [0.25, 0.3) is 0 Å². The van der Waals surface area contributed by atoms with Crippen molar-refractivity contribution in [2.24, 2.45) is 0 Å². The van der Waals surface area contributed by atoms with Crippen molar-refractivity contribution in [3.8, 4) is 0 Å². The number of unbranched alkanes of at least 4 members (excludes halogenated alkanes) is 8. The Labute approximate surface area is 139 Å². The number of rotatable bonds is 12. The molecule has 0 radical (unpaired) electrons. The lowest BCUT2D eigenvalue weighted by Crippen LogP contribution is -2.38. The summed E-state index contributed by atoms with van der Waals surface area (Å²) in [6.45, 7) is 2.29. The minimum absolute atomic E-state index is 0.630. The second-order valence-electron chi connectivity index (χ2n) is 7.66. The summed E-state index contributed by atoms with van der Waals surface area (Å²) in [5.74, 6) is 0. The normalized spacial score (nSPS) is 13.3. The quantitative estimate of drug-likeness (QED) is 0.311. The van der Waals surface area contributed by atoms with Crippen LogP contribution in [-0.4, -0.2) is 25.6 Å². The topological polar surface area (TPSA) is 0 Å². The van der Waals surface area contributed by atoms with Gasteiger partial charge < -0.3 is 4.48 Å². The fraction of sp³-hybridized carbons (Fsp3) is 0.714. The molecule has 0 heterocycles. The second kappa shape index (κ2) is 10.8. The molecule has 1 atom stereocenters. The van der Waals surface area contributed by atoms with Crippen LogP contribution in [0, 0.1) is 0 Å². The monoisotopic (exact) mass is 304 g/mol. The third-order valence-corrected chi connectivity index (χ3v) is 4.70. The van der Waals surface area contributed by atoms with Crippen LogP contribution in [0.4, 0.5) is 0 Å². The summed E-state index contributed by atoms with van der Waals surface area (Å²) in [5, 5.41) is 0. The smallest absolute Gasteiger partial charge is 0.114 e. The summed E-state index contributed by atoms with van der Waals surface area (Å²) >= 11 is 0. The van der Waals surface area contributed by atoms with E-state index in [0.717, 1.165) is 4.48 Å². The van der Waals surface area contributed by atoms with Crippen molar-refractivity contribution < 1.29 is 4.48 Å². The highest BCUT2D eigenvalue weighted by atomic mass is 15.3. The van der Waals surface area contributed by atoms with Gasteiger partial charge >= 0.3 is 0 Å². The molecule has 1 heteroatoms. The van der Waals surface area contributed by atoms with Gasteiger partial charge in [0.05, 0.1) is 21.1 Å². The molecule has 0 fully saturated rings. The Morgan fingerprint density at radius 3 is 1.73 bits per heavy atom. The third-order valence-electron chi connectivity index (χ3n) is 4.70. The molecule has 0 spiro atoms. The Hall–Kier alpha value is -0.820. The standard InChI is InChI=1S/C21H38N/c1-5-6-7-8-9-10-11-12-16-19-21(22(2,3)4)20-17-14-13-15-18-20/h13-15,17-18,21H,5-12,16,19H2,1-4H3/q+1/t21-/m0/s1. The molecule has 1 aromatic rings. The molecule has 0 bridgehead atoms. The second-order valence-corrected chi connectivity index (χ2v) is 7.66. The molecule has 0 unspecified atom stereocenters. The Kier molecular flexibility index (Phi) is 9.47. The molecule has 1 aromatic carbocycles. The summed E-state index contributed by atoms with van der Waals surface area (Å²) in [6.07, 6.45) is 14.0. The first-order chi connectivity index (χ1) is 10.6. The first kappa shape index (κ1) is 19.2. The van der Waals surface area contributed by atoms with Crippen molar-refractivity contribution in [3.63, 3.8) is 0 Å². The lowest BCUT2D eigenvalue weighted by atomic mass is 9.97. The summed E-state index contributed by atoms with van der Waals surface area (Å²) in [7, 11) is 6.97. The van der Waals surface area contributed by atoms with Crippen LogP contribution in [0.15, 0.2) is 30.3 Å². The van der Waals surface area contributed by atoms with E-state index in [1.807, 2.05) is 0 Å². The Morgan fingerprint density at radius 1 is 0.727 bits per heavy atom. The molecule has 0 saturated carbocycles. The predicted molar refractivity (Wildman–Crippen MR) is 99.1 cm³/mol. The number of hydrogen-bond donors (Lipinski definition) is 0. The first-order valence-corrected chi connectivity index (χ1v) is 9.41. The van der Waals surface area contributed by atoms with E-state index in [0.29, 0.717) is 6.04 Å². The molecule has 126 valence electrons. The van der Waals surface area contributed by atoms with Gasteiger partial charge in [0, 0.05) is 12.0 Å². The van der Waals surface area contributed by atoms with Crippen LogP contribution >= 0.6 is 0 Å². The molecular weight excluding hydrogens is 266 g/mol. The molecule has 0 aliphatic carbocycles. The van der Waals surface area contributed by atoms with Crippen LogP contribution < -0.4 is 0 Å². The summed E-state index contributed by atoms with van der Waals surface area (Å²) in [5.41, 5.74) is 1.49. The van der Waals surface area contributed by atoms with E-state index in [2.05, 4.69) is 58.4 Å². The van der Waals surface area contributed by atoms with Crippen molar-refractivity contribution in [3.05, 3.63) is 35.9 Å². The minimum Gasteiger partial charge on any atom is -0.325 e. The van der Waals surface area contributed by atoms with E-state index in [1.54, 1.807) is 0 Å². The molecule has 0 amide bonds. The lowest BCUT2D eigenvalue weighted by molar-refractivity contribution is -0.902. The van der Waals surface area contributed by atoms with Crippen LogP contribution in [0.1, 0.15) is 82.7 Å². The van der Waals surface area contributed by atoms with Gasteiger partial charge in [0.1, 0.15) is 6.04 Å². The maximum atomic E-state index is 2.32. The molecule has 0 N–H and O–H groups in total. The van der Waals surface area contributed by atoms with Crippen LogP contribution in [0.25, 0.3) is 0 Å². The van der Waals surface area contributed by atoms with E-state index in [-0.39, 0.29) is 0 Å². The minimum atomic E-state index is 0.630. The maximum absolute atomic E-state index is 2.32. The Morgan fingerprint density at radius 2 is 1.23 bits per heavy atom. The Balaban J connectivity index is 2.23. The van der Waals surface area contributed by atoms with Crippen LogP contribution in [0.2, 0.25) is 0 Å². The van der Waals surface area contributed by atoms with Gasteiger partial charge in [-0.05, 0) is 6.42 Å². The summed E-state index contributed by atoms with van der Waals surface area (Å²) in [4.78, 5) is 0. The van der Waals surface area contributed by atoms with Gasteiger partial charge in [-0.15, -0.1) is 0 Å². The van der Waals surface area contributed by atoms with Crippen LogP contribution in [0.3, 0.4) is 0 Å². The van der Waals surface area contributed by atoms with E-state index < -0.39 is 0 Å². The fourth-order valence-corrected chi connectivity index (χ4v) is 3.32. The molecule has 1 rings (SSSR count). The first-order valence-electron chi connectivity index (χ1n) is 9.41. The van der Waals surface area contributed by atoms with Crippen molar-refractivity contribution in [1.29, 1.82) is 0 Å². The van der Waals surface area contributed by atoms with Gasteiger partial charge in [-0.3, -0.25) is 0 Å². The van der Waals surface area contributed by atoms with Gasteiger partial charge in [-0.1, -0.05) is 88.6 Å². The zero-order valence-corrected chi connectivity index (χ0v) is 15.5.